The Kier molecular flexibility index (Phi) is 5.79. The molecule has 0 saturated carbocycles. The first-order valence-electron chi connectivity index (χ1n) is 8.13. The zero-order valence-corrected chi connectivity index (χ0v) is 15.1. The van der Waals surface area contributed by atoms with Gasteiger partial charge in [0.2, 0.25) is 5.88 Å². The first-order valence-corrected chi connectivity index (χ1v) is 8.13. The molecule has 1 aromatic carbocycles. The quantitative estimate of drug-likeness (QED) is 0.851. The van der Waals surface area contributed by atoms with Crippen molar-refractivity contribution in [1.29, 1.82) is 5.26 Å². The molecule has 0 atom stereocenters. The number of benzene rings is 1. The minimum atomic E-state index is 0. The van der Waals surface area contributed by atoms with Gasteiger partial charge in [-0.05, 0) is 51.8 Å². The maximum atomic E-state index is 8.90. The first-order chi connectivity index (χ1) is 11.8. The van der Waals surface area contributed by atoms with Gasteiger partial charge < -0.3 is 15.8 Å². The number of nitrogens with zero attached hydrogens (tertiary/aromatic N) is 2. The van der Waals surface area contributed by atoms with E-state index in [1.807, 2.05) is 39.1 Å². The number of aromatic nitrogens is 1. The van der Waals surface area contributed by atoms with Crippen LogP contribution in [0.4, 0.5) is 5.69 Å². The summed E-state index contributed by atoms with van der Waals surface area (Å²) in [5, 5.41) is 12.1. The Morgan fingerprint density at radius 1 is 1.28 bits per heavy atom. The molecule has 2 aromatic rings. The van der Waals surface area contributed by atoms with Crippen LogP contribution in [0.2, 0.25) is 0 Å². The summed E-state index contributed by atoms with van der Waals surface area (Å²) in [6.07, 6.45) is 4.46. The average molecular weight is 336 g/mol. The third-order valence-corrected chi connectivity index (χ3v) is 3.12. The molecule has 5 nitrogen and oxygen atoms in total. The van der Waals surface area contributed by atoms with Crippen molar-refractivity contribution < 1.29 is 4.74 Å². The van der Waals surface area contributed by atoms with Crippen LogP contribution in [0, 0.1) is 11.3 Å². The molecule has 1 aliphatic rings. The zero-order chi connectivity index (χ0) is 18.4. The van der Waals surface area contributed by atoms with Crippen LogP contribution in [0.15, 0.2) is 48.3 Å². The predicted octanol–water partition coefficient (Wildman–Crippen LogP) is 4.36. The van der Waals surface area contributed by atoms with E-state index in [9.17, 15) is 0 Å². The van der Waals surface area contributed by atoms with Crippen LogP contribution < -0.4 is 15.8 Å². The second-order valence-corrected chi connectivity index (χ2v) is 7.06. The lowest BCUT2D eigenvalue weighted by Gasteiger charge is -2.19. The van der Waals surface area contributed by atoms with E-state index in [4.69, 9.17) is 15.7 Å². The number of nitrogens with two attached hydrogens (primary N) is 1. The topological polar surface area (TPSA) is 84.0 Å². The van der Waals surface area contributed by atoms with Gasteiger partial charge in [-0.2, -0.15) is 5.26 Å². The van der Waals surface area contributed by atoms with E-state index >= 15 is 0 Å². The number of fused-ring (bicyclic) bond motifs is 1. The lowest BCUT2D eigenvalue weighted by Crippen LogP contribution is -2.26. The largest absolute Gasteiger partial charge is 0.437 e. The number of rotatable bonds is 2. The Balaban J connectivity index is 0.000000399. The molecule has 130 valence electrons. The van der Waals surface area contributed by atoms with E-state index < -0.39 is 0 Å². The summed E-state index contributed by atoms with van der Waals surface area (Å²) < 4.78 is 5.80. The molecule has 1 aliphatic heterocycles. The molecule has 5 heteroatoms. The molecule has 0 spiro atoms. The van der Waals surface area contributed by atoms with E-state index in [1.165, 1.54) is 11.1 Å². The van der Waals surface area contributed by atoms with Gasteiger partial charge in [-0.3, -0.25) is 0 Å². The van der Waals surface area contributed by atoms with Gasteiger partial charge in [0.05, 0.1) is 17.3 Å². The number of hydrogen-bond donors (Lipinski definition) is 2. The standard InChI is InChI=1S/C16H13N3O.C4H11N/c1-11-7-13-3-2-4-14(16(13)19-10-11)20-15-8-12(9-17)5-6-18-15;1-4(2,3)5/h2-6,8,10,19H,7H2,1H3;5H2,1-3H3. The third-order valence-electron chi connectivity index (χ3n) is 3.12. The fourth-order valence-corrected chi connectivity index (χ4v) is 2.17. The van der Waals surface area contributed by atoms with Crippen LogP contribution in [-0.4, -0.2) is 10.5 Å². The molecular formula is C20H24N4O. The first kappa shape index (κ1) is 18.5. The van der Waals surface area contributed by atoms with Crippen molar-refractivity contribution in [2.45, 2.75) is 39.7 Å². The molecule has 0 radical (unpaired) electrons. The van der Waals surface area contributed by atoms with Crippen LogP contribution in [0.3, 0.4) is 0 Å². The number of allylic oxidation sites excluding steroid dienone is 1. The average Bonchev–Trinajstić information content (AvgIpc) is 2.53. The molecule has 3 N–H and O–H groups in total. The minimum Gasteiger partial charge on any atom is -0.437 e. The normalized spacial score (nSPS) is 12.6. The Morgan fingerprint density at radius 2 is 2.00 bits per heavy atom. The molecule has 0 fully saturated rings. The van der Waals surface area contributed by atoms with Crippen LogP contribution in [0.5, 0.6) is 11.6 Å². The molecule has 0 saturated heterocycles. The molecular weight excluding hydrogens is 312 g/mol. The van der Waals surface area contributed by atoms with Gasteiger partial charge in [0.25, 0.3) is 0 Å². The number of nitrogens with one attached hydrogen (secondary N) is 1. The summed E-state index contributed by atoms with van der Waals surface area (Å²) in [5.74, 6) is 1.14. The highest BCUT2D eigenvalue weighted by molar-refractivity contribution is 5.67. The van der Waals surface area contributed by atoms with Gasteiger partial charge in [0, 0.05) is 24.0 Å². The number of para-hydroxylation sites is 1. The highest BCUT2D eigenvalue weighted by atomic mass is 16.5. The van der Waals surface area contributed by atoms with Crippen molar-refractivity contribution >= 4 is 5.69 Å². The van der Waals surface area contributed by atoms with E-state index in [0.717, 1.165) is 12.1 Å². The number of nitriles is 1. The van der Waals surface area contributed by atoms with Gasteiger partial charge in [-0.25, -0.2) is 4.98 Å². The molecule has 2 heterocycles. The summed E-state index contributed by atoms with van der Waals surface area (Å²) in [7, 11) is 0. The van der Waals surface area contributed by atoms with E-state index in [1.54, 1.807) is 18.3 Å². The Morgan fingerprint density at radius 3 is 2.68 bits per heavy atom. The third kappa shape index (κ3) is 5.94. The lowest BCUT2D eigenvalue weighted by atomic mass is 10.0. The number of ether oxygens (including phenoxy) is 1. The van der Waals surface area contributed by atoms with Crippen LogP contribution >= 0.6 is 0 Å². The second kappa shape index (κ2) is 7.82. The molecule has 3 rings (SSSR count). The molecule has 25 heavy (non-hydrogen) atoms. The van der Waals surface area contributed by atoms with E-state index in [-0.39, 0.29) is 5.54 Å². The van der Waals surface area contributed by atoms with Gasteiger partial charge in [-0.15, -0.1) is 0 Å². The molecule has 0 unspecified atom stereocenters. The number of anilines is 1. The van der Waals surface area contributed by atoms with Crippen molar-refractivity contribution in [3.05, 3.63) is 59.4 Å². The van der Waals surface area contributed by atoms with Gasteiger partial charge in [0.1, 0.15) is 0 Å². The summed E-state index contributed by atoms with van der Waals surface area (Å²) in [6, 6.07) is 11.3. The number of pyridine rings is 1. The highest BCUT2D eigenvalue weighted by Gasteiger charge is 2.14. The SMILES string of the molecule is CC(C)(C)N.CC1=CNc2c(cccc2Oc2cc(C#N)ccn2)C1. The van der Waals surface area contributed by atoms with Crippen molar-refractivity contribution in [3.63, 3.8) is 0 Å². The van der Waals surface area contributed by atoms with Gasteiger partial charge in [0.15, 0.2) is 5.75 Å². The second-order valence-electron chi connectivity index (χ2n) is 7.06. The van der Waals surface area contributed by atoms with Crippen LogP contribution in [0.25, 0.3) is 0 Å². The molecule has 0 bridgehead atoms. The monoisotopic (exact) mass is 336 g/mol. The maximum Gasteiger partial charge on any atom is 0.220 e. The highest BCUT2D eigenvalue weighted by Crippen LogP contribution is 2.35. The van der Waals surface area contributed by atoms with Crippen molar-refractivity contribution in [1.82, 2.24) is 4.98 Å². The van der Waals surface area contributed by atoms with E-state index in [0.29, 0.717) is 17.2 Å². The van der Waals surface area contributed by atoms with Crippen molar-refractivity contribution in [3.8, 4) is 17.7 Å². The Labute approximate surface area is 149 Å². The number of hydrogen-bond acceptors (Lipinski definition) is 5. The van der Waals surface area contributed by atoms with Gasteiger partial charge >= 0.3 is 0 Å². The fraction of sp³-hybridized carbons (Fsp3) is 0.300. The van der Waals surface area contributed by atoms with Crippen LogP contribution in [-0.2, 0) is 6.42 Å². The van der Waals surface area contributed by atoms with E-state index in [2.05, 4.69) is 29.4 Å². The summed E-state index contributed by atoms with van der Waals surface area (Å²) >= 11 is 0. The molecule has 1 aromatic heterocycles. The Hall–Kier alpha value is -2.84. The minimum absolute atomic E-state index is 0. The zero-order valence-electron chi connectivity index (χ0n) is 15.1. The van der Waals surface area contributed by atoms with Crippen molar-refractivity contribution in [2.24, 2.45) is 5.73 Å². The van der Waals surface area contributed by atoms with Gasteiger partial charge in [-0.1, -0.05) is 17.7 Å². The molecule has 0 amide bonds. The summed E-state index contributed by atoms with van der Waals surface area (Å²) in [6.45, 7) is 7.98. The maximum absolute atomic E-state index is 8.90. The van der Waals surface area contributed by atoms with Crippen LogP contribution in [0.1, 0.15) is 38.8 Å². The smallest absolute Gasteiger partial charge is 0.220 e. The predicted molar refractivity (Wildman–Crippen MR) is 100 cm³/mol. The summed E-state index contributed by atoms with van der Waals surface area (Å²) in [5.41, 5.74) is 9.32. The fourth-order valence-electron chi connectivity index (χ4n) is 2.17. The Bertz CT molecular complexity index is 807. The molecule has 0 aliphatic carbocycles. The lowest BCUT2D eigenvalue weighted by molar-refractivity contribution is 0.464. The van der Waals surface area contributed by atoms with Crippen molar-refractivity contribution in [2.75, 3.05) is 5.32 Å². The summed E-state index contributed by atoms with van der Waals surface area (Å²) in [4.78, 5) is 4.13.